The number of allylic oxidation sites excluding steroid dienone is 5. The van der Waals surface area contributed by atoms with Gasteiger partial charge in [0.15, 0.2) is 23.1 Å². The average molecular weight is 462 g/mol. The summed E-state index contributed by atoms with van der Waals surface area (Å²) >= 11 is 25.6. The SMILES string of the molecule is C=CC1=CC[C@@]2(Cl)C(=O)C(Cl)=C(Cl)C(=O)[C@@]2(Cl)[C@H]1c1cccc(OCC)c1O. The largest absolute Gasteiger partial charge is 0.504 e. The van der Waals surface area contributed by atoms with Crippen LogP contribution in [0.3, 0.4) is 0 Å². The molecule has 1 N–H and O–H groups in total. The third-order valence-electron chi connectivity index (χ3n) is 5.09. The maximum atomic E-state index is 13.2. The van der Waals surface area contributed by atoms with Gasteiger partial charge < -0.3 is 9.84 Å². The molecule has 0 fully saturated rings. The van der Waals surface area contributed by atoms with E-state index in [1.54, 1.807) is 31.2 Å². The fourth-order valence-electron chi connectivity index (χ4n) is 3.72. The molecule has 0 radical (unpaired) electrons. The number of fused-ring (bicyclic) bond motifs is 1. The molecular formula is C20H16Cl4O4. The molecule has 3 rings (SSSR count). The minimum absolute atomic E-state index is 0.0488. The van der Waals surface area contributed by atoms with Crippen LogP contribution < -0.4 is 4.74 Å². The lowest BCUT2D eigenvalue weighted by atomic mass is 9.62. The zero-order chi connectivity index (χ0) is 20.9. The molecule has 0 saturated carbocycles. The van der Waals surface area contributed by atoms with E-state index in [0.29, 0.717) is 12.2 Å². The van der Waals surface area contributed by atoms with Crippen molar-refractivity contribution in [2.75, 3.05) is 6.61 Å². The average Bonchev–Trinajstić information content (AvgIpc) is 2.68. The number of rotatable bonds is 4. The van der Waals surface area contributed by atoms with E-state index >= 15 is 0 Å². The summed E-state index contributed by atoms with van der Waals surface area (Å²) in [5.41, 5.74) is 0.791. The molecule has 2 aliphatic rings. The number of ketones is 2. The van der Waals surface area contributed by atoms with E-state index < -0.39 is 37.3 Å². The number of phenols is 1. The number of phenolic OH excluding ortho intramolecular Hbond substituents is 1. The Morgan fingerprint density at radius 1 is 1.25 bits per heavy atom. The Hall–Kier alpha value is -1.46. The summed E-state index contributed by atoms with van der Waals surface area (Å²) in [5.74, 6) is -2.52. The van der Waals surface area contributed by atoms with Crippen molar-refractivity contribution in [2.24, 2.45) is 0 Å². The van der Waals surface area contributed by atoms with E-state index in [4.69, 9.17) is 51.1 Å². The number of halogens is 4. The third-order valence-corrected chi connectivity index (χ3v) is 7.34. The van der Waals surface area contributed by atoms with E-state index in [-0.39, 0.29) is 23.5 Å². The molecule has 0 bridgehead atoms. The highest BCUT2D eigenvalue weighted by Crippen LogP contribution is 2.60. The molecule has 4 nitrogen and oxygen atoms in total. The van der Waals surface area contributed by atoms with Crippen LogP contribution in [-0.2, 0) is 9.59 Å². The second-order valence-corrected chi connectivity index (χ2v) is 8.47. The van der Waals surface area contributed by atoms with Gasteiger partial charge in [0.2, 0.25) is 0 Å². The van der Waals surface area contributed by atoms with Crippen molar-refractivity contribution in [3.63, 3.8) is 0 Å². The van der Waals surface area contributed by atoms with Gasteiger partial charge in [-0.3, -0.25) is 9.59 Å². The monoisotopic (exact) mass is 460 g/mol. The molecular weight excluding hydrogens is 446 g/mol. The Morgan fingerprint density at radius 2 is 1.89 bits per heavy atom. The minimum Gasteiger partial charge on any atom is -0.504 e. The van der Waals surface area contributed by atoms with Crippen molar-refractivity contribution < 1.29 is 19.4 Å². The van der Waals surface area contributed by atoms with Crippen LogP contribution in [0.15, 0.2) is 52.6 Å². The van der Waals surface area contributed by atoms with Crippen molar-refractivity contribution in [3.8, 4) is 11.5 Å². The number of aromatic hydroxyl groups is 1. The molecule has 0 saturated heterocycles. The molecule has 8 heteroatoms. The normalized spacial score (nSPS) is 30.0. The Balaban J connectivity index is 2.33. The topological polar surface area (TPSA) is 63.6 Å². The first-order chi connectivity index (χ1) is 13.1. The van der Waals surface area contributed by atoms with Gasteiger partial charge in [-0.15, -0.1) is 23.2 Å². The van der Waals surface area contributed by atoms with E-state index in [0.717, 1.165) is 0 Å². The second-order valence-electron chi connectivity index (χ2n) is 6.47. The number of alkyl halides is 2. The van der Waals surface area contributed by atoms with Crippen LogP contribution in [0.4, 0.5) is 0 Å². The lowest BCUT2D eigenvalue weighted by molar-refractivity contribution is -0.127. The zero-order valence-electron chi connectivity index (χ0n) is 14.8. The fourth-order valence-corrected chi connectivity index (χ4v) is 5.17. The van der Waals surface area contributed by atoms with Crippen LogP contribution in [0.1, 0.15) is 24.8 Å². The first kappa shape index (κ1) is 21.3. The summed E-state index contributed by atoms with van der Waals surface area (Å²) in [5, 5.41) is 9.87. The van der Waals surface area contributed by atoms with E-state index in [2.05, 4.69) is 6.58 Å². The van der Waals surface area contributed by atoms with Crippen molar-refractivity contribution >= 4 is 58.0 Å². The zero-order valence-corrected chi connectivity index (χ0v) is 17.8. The van der Waals surface area contributed by atoms with Crippen LogP contribution in [0.25, 0.3) is 0 Å². The Morgan fingerprint density at radius 3 is 2.50 bits per heavy atom. The van der Waals surface area contributed by atoms with Crippen LogP contribution >= 0.6 is 46.4 Å². The summed E-state index contributed by atoms with van der Waals surface area (Å²) in [7, 11) is 0. The first-order valence-electron chi connectivity index (χ1n) is 8.45. The van der Waals surface area contributed by atoms with Gasteiger partial charge in [0.1, 0.15) is 19.8 Å². The molecule has 3 atom stereocenters. The molecule has 0 heterocycles. The standard InChI is InChI=1S/C20H16Cl4O4/c1-3-10-8-9-19(23)17(26)14(21)15(22)18(27)20(19,24)13(10)11-6-5-7-12(16(11)25)28-4-2/h3,5-8,13,25H,1,4,9H2,2H3/t13-,19-,20+/m1/s1. The predicted octanol–water partition coefficient (Wildman–Crippen LogP) is 5.19. The van der Waals surface area contributed by atoms with Gasteiger partial charge in [-0.25, -0.2) is 0 Å². The molecule has 1 aromatic rings. The number of para-hydroxylation sites is 1. The molecule has 28 heavy (non-hydrogen) atoms. The van der Waals surface area contributed by atoms with Gasteiger partial charge in [0.25, 0.3) is 0 Å². The highest BCUT2D eigenvalue weighted by Gasteiger charge is 2.68. The van der Waals surface area contributed by atoms with Crippen LogP contribution in [0.2, 0.25) is 0 Å². The van der Waals surface area contributed by atoms with Crippen LogP contribution in [-0.4, -0.2) is 33.0 Å². The summed E-state index contributed by atoms with van der Waals surface area (Å²) in [6.07, 6.45) is 3.11. The molecule has 0 unspecified atom stereocenters. The van der Waals surface area contributed by atoms with Crippen LogP contribution in [0.5, 0.6) is 11.5 Å². The van der Waals surface area contributed by atoms with E-state index in [1.165, 1.54) is 6.08 Å². The maximum Gasteiger partial charge on any atom is 0.199 e. The lowest BCUT2D eigenvalue weighted by Crippen LogP contribution is -2.64. The molecule has 0 spiro atoms. The first-order valence-corrected chi connectivity index (χ1v) is 9.96. The van der Waals surface area contributed by atoms with Gasteiger partial charge >= 0.3 is 0 Å². The quantitative estimate of drug-likeness (QED) is 0.627. The molecule has 0 aromatic heterocycles. The highest BCUT2D eigenvalue weighted by atomic mass is 35.5. The van der Waals surface area contributed by atoms with Crippen molar-refractivity contribution in [3.05, 3.63) is 58.1 Å². The maximum absolute atomic E-state index is 13.2. The third kappa shape index (κ3) is 2.73. The molecule has 0 amide bonds. The number of ether oxygens (including phenoxy) is 1. The Bertz CT molecular complexity index is 952. The summed E-state index contributed by atoms with van der Waals surface area (Å²) in [4.78, 5) is 22.2. The van der Waals surface area contributed by atoms with Gasteiger partial charge in [0, 0.05) is 11.5 Å². The number of carbonyl (C=O) groups excluding carboxylic acids is 2. The molecule has 1 aromatic carbocycles. The summed E-state index contributed by atoms with van der Waals surface area (Å²) in [6.45, 7) is 5.85. The molecule has 2 aliphatic carbocycles. The van der Waals surface area contributed by atoms with Crippen LogP contribution in [0, 0.1) is 0 Å². The Kier molecular flexibility index (Phi) is 5.63. The van der Waals surface area contributed by atoms with E-state index in [1.807, 2.05) is 0 Å². The number of Topliss-reactive ketones (excluding diaryl/α,β-unsaturated/α-hetero) is 2. The highest BCUT2D eigenvalue weighted by molar-refractivity contribution is 6.66. The second kappa shape index (κ2) is 7.42. The number of benzene rings is 1. The van der Waals surface area contributed by atoms with Gasteiger partial charge in [-0.2, -0.15) is 0 Å². The fraction of sp³-hybridized carbons (Fsp3) is 0.300. The number of hydrogen-bond acceptors (Lipinski definition) is 4. The minimum atomic E-state index is -2.01. The summed E-state index contributed by atoms with van der Waals surface area (Å²) < 4.78 is 5.44. The molecule has 148 valence electrons. The van der Waals surface area contributed by atoms with Gasteiger partial charge in [0.05, 0.1) is 6.61 Å². The van der Waals surface area contributed by atoms with E-state index in [9.17, 15) is 14.7 Å². The number of hydrogen-bond donors (Lipinski definition) is 1. The smallest absolute Gasteiger partial charge is 0.199 e. The Labute approximate surface area is 182 Å². The van der Waals surface area contributed by atoms with Crippen molar-refractivity contribution in [1.29, 1.82) is 0 Å². The number of carbonyl (C=O) groups is 2. The van der Waals surface area contributed by atoms with Gasteiger partial charge in [-0.05, 0) is 25.0 Å². The van der Waals surface area contributed by atoms with Crippen molar-refractivity contribution in [2.45, 2.75) is 29.0 Å². The van der Waals surface area contributed by atoms with Crippen molar-refractivity contribution in [1.82, 2.24) is 0 Å². The lowest BCUT2D eigenvalue weighted by Gasteiger charge is -2.50. The summed E-state index contributed by atoms with van der Waals surface area (Å²) in [6, 6.07) is 4.80. The predicted molar refractivity (Wildman–Crippen MR) is 111 cm³/mol. The molecule has 0 aliphatic heterocycles. The van der Waals surface area contributed by atoms with Gasteiger partial charge in [-0.1, -0.05) is 54.1 Å².